The van der Waals surface area contributed by atoms with Crippen molar-refractivity contribution in [3.8, 4) is 0 Å². The van der Waals surface area contributed by atoms with Crippen LogP contribution in [0.1, 0.15) is 322 Å². The lowest BCUT2D eigenvalue weighted by atomic mass is 10.0. The minimum atomic E-state index is -3.35. The Bertz CT molecular complexity index is 1030. The molecule has 0 rings (SSSR count). The second-order valence-corrected chi connectivity index (χ2v) is 27.8. The Morgan fingerprint density at radius 2 is 0.671 bits per heavy atom. The van der Waals surface area contributed by atoms with E-state index in [0.717, 1.165) is 55.6 Å². The van der Waals surface area contributed by atoms with Crippen LogP contribution < -0.4 is 5.09 Å². The molecule has 0 aliphatic rings. The first kappa shape index (κ1) is 73.7. The lowest BCUT2D eigenvalue weighted by Crippen LogP contribution is -2.38. The fourth-order valence-electron chi connectivity index (χ4n) is 10.0. The normalized spacial score (nSPS) is 13.8. The number of rotatable bonds is 64. The summed E-state index contributed by atoms with van der Waals surface area (Å²) in [5.74, 6) is 2.67. The van der Waals surface area contributed by atoms with Crippen LogP contribution in [0.3, 0.4) is 0 Å². The third-order valence-corrected chi connectivity index (χ3v) is 19.5. The van der Waals surface area contributed by atoms with Gasteiger partial charge < -0.3 is 14.7 Å². The van der Waals surface area contributed by atoms with E-state index >= 15 is 0 Å². The molecule has 2 atom stereocenters. The van der Waals surface area contributed by atoms with Gasteiger partial charge >= 0.3 is 7.75 Å². The Hall–Kier alpha value is 0.690. The Balaban J connectivity index is 4.55. The number of quaternary nitrogens is 1. The van der Waals surface area contributed by atoms with Gasteiger partial charge in [-0.25, -0.2) is 9.65 Å². The van der Waals surface area contributed by atoms with Gasteiger partial charge in [0.15, 0.2) is 0 Å². The molecule has 3 N–H and O–H groups in total. The number of aliphatic hydroxyl groups excluding tert-OH is 2. The third-order valence-electron chi connectivity index (χ3n) is 15.0. The molecule has 0 heterocycles. The van der Waals surface area contributed by atoms with Gasteiger partial charge in [-0.1, -0.05) is 258 Å². The highest BCUT2D eigenvalue weighted by molar-refractivity contribution is 8.00. The number of nitrogens with one attached hydrogen (secondary N) is 1. The molecule has 0 radical (unpaired) electrons. The number of aliphatic hydroxyl groups is 2. The molecule has 2 unspecified atom stereocenters. The molecule has 7 nitrogen and oxygen atoms in total. The van der Waals surface area contributed by atoms with Crippen LogP contribution >= 0.6 is 31.3 Å². The van der Waals surface area contributed by atoms with Crippen LogP contribution in [-0.2, 0) is 13.6 Å². The number of nitrogens with zero attached hydrogens (tertiary/aromatic N) is 1. The SMILES string of the molecule is [CH2-][N+](C)(C)CCNP(=O)(OCCCCCCCCC(CCCCCCCCC)SCCCCCCCCCCCO)OCCCCCCCCC(CCCCCCCCC)SCCCCCCCCCCCO. The Kier molecular flexibility index (Phi) is 59.4. The van der Waals surface area contributed by atoms with E-state index in [9.17, 15) is 4.57 Å². The summed E-state index contributed by atoms with van der Waals surface area (Å²) in [5.41, 5.74) is 0. The van der Waals surface area contributed by atoms with Crippen molar-refractivity contribution in [2.75, 3.05) is 65.1 Å². The quantitative estimate of drug-likeness (QED) is 0.0240. The highest BCUT2D eigenvalue weighted by atomic mass is 32.2. The molecule has 0 aromatic heterocycles. The molecule has 0 bridgehead atoms. The number of hydrogen-bond donors (Lipinski definition) is 3. The van der Waals surface area contributed by atoms with Crippen molar-refractivity contribution >= 4 is 31.3 Å². The van der Waals surface area contributed by atoms with E-state index in [1.807, 2.05) is 0 Å². The van der Waals surface area contributed by atoms with Gasteiger partial charge in [0.05, 0.1) is 26.3 Å². The smallest absolute Gasteiger partial charge is 0.405 e. The van der Waals surface area contributed by atoms with E-state index < -0.39 is 7.75 Å². The van der Waals surface area contributed by atoms with Crippen LogP contribution in [0.2, 0.25) is 0 Å². The predicted octanol–water partition coefficient (Wildman–Crippen LogP) is 20.5. The van der Waals surface area contributed by atoms with Crippen LogP contribution in [0.25, 0.3) is 0 Å². The largest absolute Gasteiger partial charge is 0.461 e. The lowest BCUT2D eigenvalue weighted by molar-refractivity contribution is -0.844. The van der Waals surface area contributed by atoms with Crippen molar-refractivity contribution in [3.05, 3.63) is 7.05 Å². The fourth-order valence-corrected chi connectivity index (χ4v) is 14.1. The highest BCUT2D eigenvalue weighted by Crippen LogP contribution is 2.44. The van der Waals surface area contributed by atoms with Crippen LogP contribution in [-0.4, -0.2) is 90.3 Å². The van der Waals surface area contributed by atoms with E-state index in [1.165, 1.54) is 281 Å². The van der Waals surface area contributed by atoms with Gasteiger partial charge in [0.25, 0.3) is 0 Å². The summed E-state index contributed by atoms with van der Waals surface area (Å²) in [4.78, 5) is 0. The zero-order valence-corrected chi connectivity index (χ0v) is 52.3. The first-order valence-corrected chi connectivity index (χ1v) is 36.1. The third kappa shape index (κ3) is 58.7. The van der Waals surface area contributed by atoms with E-state index in [-0.39, 0.29) is 0 Å². The fraction of sp³-hybridized carbons (Fsp3) is 0.984. The van der Waals surface area contributed by atoms with Crippen LogP contribution in [0.4, 0.5) is 0 Å². The monoisotopic (exact) mass is 1090 g/mol. The van der Waals surface area contributed by atoms with E-state index in [4.69, 9.17) is 19.3 Å². The van der Waals surface area contributed by atoms with Crippen molar-refractivity contribution in [2.45, 2.75) is 333 Å². The van der Waals surface area contributed by atoms with Crippen LogP contribution in [0.15, 0.2) is 0 Å². The van der Waals surface area contributed by atoms with Crippen LogP contribution in [0.5, 0.6) is 0 Å². The number of hydrogen-bond acceptors (Lipinski definition) is 7. The van der Waals surface area contributed by atoms with Crippen molar-refractivity contribution < 1.29 is 28.3 Å². The van der Waals surface area contributed by atoms with Crippen LogP contribution in [0, 0.1) is 7.05 Å². The summed E-state index contributed by atoms with van der Waals surface area (Å²) >= 11 is 4.57. The van der Waals surface area contributed by atoms with Gasteiger partial charge in [0, 0.05) is 37.8 Å². The maximum atomic E-state index is 13.9. The zero-order chi connectivity index (χ0) is 53.3. The minimum Gasteiger partial charge on any atom is -0.461 e. The molecule has 0 saturated carbocycles. The Labute approximate surface area is 466 Å². The Morgan fingerprint density at radius 1 is 0.411 bits per heavy atom. The molecule has 0 aliphatic heterocycles. The maximum Gasteiger partial charge on any atom is 0.405 e. The number of likely N-dealkylation sites (N-methyl/N-ethyl adjacent to an activating group) is 1. The molecule has 0 aromatic rings. The van der Waals surface area contributed by atoms with Crippen molar-refractivity contribution in [1.82, 2.24) is 5.09 Å². The minimum absolute atomic E-state index is 0.349. The molecular weight excluding hydrogens is 960 g/mol. The van der Waals surface area contributed by atoms with Crippen molar-refractivity contribution in [3.63, 3.8) is 0 Å². The molecule has 10 heteroatoms. The summed E-state index contributed by atoms with van der Waals surface area (Å²) in [5, 5.41) is 22.8. The van der Waals surface area contributed by atoms with Gasteiger partial charge in [-0.3, -0.25) is 9.05 Å². The summed E-state index contributed by atoms with van der Waals surface area (Å²) in [6, 6.07) is 0. The van der Waals surface area contributed by atoms with E-state index in [1.54, 1.807) is 0 Å². The first-order valence-electron chi connectivity index (χ1n) is 32.5. The summed E-state index contributed by atoms with van der Waals surface area (Å²) < 4.78 is 26.5. The maximum absolute atomic E-state index is 13.9. The molecule has 440 valence electrons. The van der Waals surface area contributed by atoms with Crippen molar-refractivity contribution in [1.29, 1.82) is 0 Å². The zero-order valence-electron chi connectivity index (χ0n) is 49.8. The predicted molar refractivity (Wildman–Crippen MR) is 329 cm³/mol. The highest BCUT2D eigenvalue weighted by Gasteiger charge is 2.24. The summed E-state index contributed by atoms with van der Waals surface area (Å²) in [6.07, 6.45) is 63.0. The van der Waals surface area contributed by atoms with E-state index in [2.05, 4.69) is 63.6 Å². The van der Waals surface area contributed by atoms with Gasteiger partial charge in [-0.15, -0.1) is 7.05 Å². The molecule has 0 aromatic carbocycles. The summed E-state index contributed by atoms with van der Waals surface area (Å²) in [7, 11) is 4.95. The van der Waals surface area contributed by atoms with Gasteiger partial charge in [-0.2, -0.15) is 23.5 Å². The lowest BCUT2D eigenvalue weighted by Gasteiger charge is -2.33. The standard InChI is InChI=1S/C63H131N2O5PS2/c1-6-8-10-12-20-30-40-50-62(72-60-48-38-28-18-14-16-24-34-44-56-66)52-42-32-22-26-36-46-58-69-71(68,64-54-55-65(3,4)5)70-59-47-37-27-23-33-43-53-63(51-41-31-21-13-11-9-7-2)73-61-49-39-29-19-15-17-25-35-45-57-67/h62-63,66-67H,3,6-61H2,1-2,4-5H3,(H,64,68). The topological polar surface area (TPSA) is 88.0 Å². The number of unbranched alkanes of at least 4 members (excludes halogenated alkanes) is 38. The molecule has 0 saturated heterocycles. The average molecular weight is 1090 g/mol. The van der Waals surface area contributed by atoms with E-state index in [0.29, 0.717) is 37.5 Å². The summed E-state index contributed by atoms with van der Waals surface area (Å²) in [6.45, 7) is 7.61. The average Bonchev–Trinajstić information content (AvgIpc) is 3.37. The first-order chi connectivity index (χ1) is 35.7. The van der Waals surface area contributed by atoms with Gasteiger partial charge in [0.1, 0.15) is 0 Å². The van der Waals surface area contributed by atoms with Gasteiger partial charge in [-0.05, 0) is 75.7 Å². The molecule has 73 heavy (non-hydrogen) atoms. The second kappa shape index (κ2) is 58.8. The Morgan fingerprint density at radius 3 is 0.959 bits per heavy atom. The molecule has 0 fully saturated rings. The molecule has 0 aliphatic carbocycles. The molecule has 0 amide bonds. The second-order valence-electron chi connectivity index (χ2n) is 23.2. The molecular formula is C63H131N2O5PS2. The number of thioether (sulfide) groups is 2. The van der Waals surface area contributed by atoms with Crippen molar-refractivity contribution in [2.24, 2.45) is 0 Å². The van der Waals surface area contributed by atoms with Gasteiger partial charge in [0.2, 0.25) is 0 Å². The molecule has 0 spiro atoms.